The number of amides is 3. The molecule has 0 bridgehead atoms. The van der Waals surface area contributed by atoms with E-state index in [0.717, 1.165) is 29.4 Å². The van der Waals surface area contributed by atoms with E-state index in [-0.39, 0.29) is 11.9 Å². The van der Waals surface area contributed by atoms with Crippen molar-refractivity contribution in [2.45, 2.75) is 36.2 Å². The van der Waals surface area contributed by atoms with Crippen LogP contribution in [0.4, 0.5) is 4.79 Å². The molecular formula is C16H18N6O2S. The average molecular weight is 358 g/mol. The van der Waals surface area contributed by atoms with Gasteiger partial charge in [-0.1, -0.05) is 11.8 Å². The van der Waals surface area contributed by atoms with Crippen molar-refractivity contribution < 1.29 is 9.59 Å². The Labute approximate surface area is 149 Å². The van der Waals surface area contributed by atoms with E-state index in [4.69, 9.17) is 0 Å². The van der Waals surface area contributed by atoms with Crippen molar-refractivity contribution in [2.75, 3.05) is 13.1 Å². The van der Waals surface area contributed by atoms with Crippen molar-refractivity contribution in [3.05, 3.63) is 24.5 Å². The Bertz CT molecular complexity index is 804. The standard InChI is InChI=1S/C16H18N6O2S/c1-10(14(23)21-9-8-18-15(21)24)25-16-20-19-13(22(16)12-2-3-12)11-4-6-17-7-5-11/h4-7,10,12H,2-3,8-9H2,1H3,(H,18,24)/t10-/m0/s1. The SMILES string of the molecule is C[C@H](Sc1nnc(-c2ccncc2)n1C1CC1)C(=O)N1CCNC1=O. The summed E-state index contributed by atoms with van der Waals surface area (Å²) >= 11 is 1.35. The lowest BCUT2D eigenvalue weighted by atomic mass is 10.2. The van der Waals surface area contributed by atoms with Gasteiger partial charge in [-0.05, 0) is 31.9 Å². The number of hydrogen-bond donors (Lipinski definition) is 1. The number of carbonyl (C=O) groups is 2. The molecule has 4 rings (SSSR count). The zero-order chi connectivity index (χ0) is 17.4. The summed E-state index contributed by atoms with van der Waals surface area (Å²) in [5.41, 5.74) is 0.958. The van der Waals surface area contributed by atoms with Crippen molar-refractivity contribution >= 4 is 23.7 Å². The normalized spacial score (nSPS) is 18.3. The van der Waals surface area contributed by atoms with Gasteiger partial charge in [0.15, 0.2) is 11.0 Å². The van der Waals surface area contributed by atoms with Gasteiger partial charge in [0.05, 0.1) is 5.25 Å². The highest BCUT2D eigenvalue weighted by Crippen LogP contribution is 2.41. The van der Waals surface area contributed by atoms with E-state index in [9.17, 15) is 9.59 Å². The lowest BCUT2D eigenvalue weighted by Gasteiger charge is -2.17. The predicted molar refractivity (Wildman–Crippen MR) is 92.0 cm³/mol. The zero-order valence-electron chi connectivity index (χ0n) is 13.8. The summed E-state index contributed by atoms with van der Waals surface area (Å²) in [6.07, 6.45) is 5.62. The fourth-order valence-electron chi connectivity index (χ4n) is 2.83. The number of hydrogen-bond acceptors (Lipinski definition) is 6. The molecule has 0 spiro atoms. The maximum Gasteiger partial charge on any atom is 0.324 e. The van der Waals surface area contributed by atoms with Crippen LogP contribution in [0, 0.1) is 0 Å². The summed E-state index contributed by atoms with van der Waals surface area (Å²) < 4.78 is 2.10. The minimum atomic E-state index is -0.407. The van der Waals surface area contributed by atoms with Crippen LogP contribution in [0.2, 0.25) is 0 Å². The molecule has 8 nitrogen and oxygen atoms in total. The molecule has 130 valence electrons. The van der Waals surface area contributed by atoms with Gasteiger partial charge in [-0.25, -0.2) is 4.79 Å². The Morgan fingerprint density at radius 1 is 1.32 bits per heavy atom. The highest BCUT2D eigenvalue weighted by Gasteiger charge is 2.34. The molecule has 2 aromatic heterocycles. The fraction of sp³-hybridized carbons (Fsp3) is 0.438. The summed E-state index contributed by atoms with van der Waals surface area (Å²) in [5, 5.41) is 11.6. The molecule has 3 amide bonds. The van der Waals surface area contributed by atoms with E-state index in [0.29, 0.717) is 19.1 Å². The van der Waals surface area contributed by atoms with Crippen molar-refractivity contribution in [1.82, 2.24) is 30.0 Å². The van der Waals surface area contributed by atoms with Gasteiger partial charge in [0.1, 0.15) is 0 Å². The summed E-state index contributed by atoms with van der Waals surface area (Å²) in [4.78, 5) is 29.5. The maximum absolute atomic E-state index is 12.5. The monoisotopic (exact) mass is 358 g/mol. The molecule has 1 atom stereocenters. The van der Waals surface area contributed by atoms with Gasteiger partial charge >= 0.3 is 6.03 Å². The molecule has 2 aliphatic rings. The van der Waals surface area contributed by atoms with E-state index < -0.39 is 5.25 Å². The van der Waals surface area contributed by atoms with Gasteiger partial charge in [-0.2, -0.15) is 0 Å². The summed E-state index contributed by atoms with van der Waals surface area (Å²) in [6.45, 7) is 2.73. The van der Waals surface area contributed by atoms with E-state index in [1.807, 2.05) is 12.1 Å². The Kier molecular flexibility index (Phi) is 4.16. The number of nitrogens with one attached hydrogen (secondary N) is 1. The molecule has 1 aliphatic carbocycles. The number of imide groups is 1. The Morgan fingerprint density at radius 2 is 2.08 bits per heavy atom. The van der Waals surface area contributed by atoms with E-state index in [2.05, 4.69) is 25.1 Å². The van der Waals surface area contributed by atoms with Gasteiger partial charge in [-0.3, -0.25) is 19.2 Å². The van der Waals surface area contributed by atoms with E-state index in [1.165, 1.54) is 16.7 Å². The molecule has 1 aliphatic heterocycles. The molecule has 1 saturated heterocycles. The summed E-state index contributed by atoms with van der Waals surface area (Å²) in [6, 6.07) is 3.86. The van der Waals surface area contributed by atoms with Crippen molar-refractivity contribution in [3.63, 3.8) is 0 Å². The van der Waals surface area contributed by atoms with E-state index in [1.54, 1.807) is 19.3 Å². The summed E-state index contributed by atoms with van der Waals surface area (Å²) in [5.74, 6) is 0.599. The van der Waals surface area contributed by atoms with Crippen molar-refractivity contribution in [1.29, 1.82) is 0 Å². The van der Waals surface area contributed by atoms with Crippen LogP contribution in [0.1, 0.15) is 25.8 Å². The number of aromatic nitrogens is 4. The van der Waals surface area contributed by atoms with Crippen LogP contribution >= 0.6 is 11.8 Å². The molecule has 3 heterocycles. The Morgan fingerprint density at radius 3 is 2.72 bits per heavy atom. The molecule has 0 radical (unpaired) electrons. The predicted octanol–water partition coefficient (Wildman–Crippen LogP) is 1.71. The molecule has 2 fully saturated rings. The zero-order valence-corrected chi connectivity index (χ0v) is 14.6. The van der Waals surface area contributed by atoms with Crippen LogP contribution in [0.5, 0.6) is 0 Å². The topological polar surface area (TPSA) is 93.0 Å². The molecule has 9 heteroatoms. The second-order valence-corrected chi connectivity index (χ2v) is 7.43. The van der Waals surface area contributed by atoms with Crippen LogP contribution in [0.25, 0.3) is 11.4 Å². The fourth-order valence-corrected chi connectivity index (χ4v) is 3.81. The van der Waals surface area contributed by atoms with Gasteiger partial charge < -0.3 is 5.32 Å². The molecule has 1 saturated carbocycles. The minimum Gasteiger partial charge on any atom is -0.336 e. The second kappa shape index (κ2) is 6.47. The van der Waals surface area contributed by atoms with Crippen LogP contribution in [-0.2, 0) is 4.79 Å². The number of carbonyl (C=O) groups excluding carboxylic acids is 2. The lowest BCUT2D eigenvalue weighted by molar-refractivity contribution is -0.126. The smallest absolute Gasteiger partial charge is 0.324 e. The number of urea groups is 1. The average Bonchev–Trinajstić information content (AvgIpc) is 3.24. The van der Waals surface area contributed by atoms with Gasteiger partial charge in [0.25, 0.3) is 0 Å². The molecule has 1 N–H and O–H groups in total. The first kappa shape index (κ1) is 16.1. The van der Waals surface area contributed by atoms with Crippen LogP contribution < -0.4 is 5.32 Å². The Balaban J connectivity index is 1.57. The third-order valence-electron chi connectivity index (χ3n) is 4.27. The maximum atomic E-state index is 12.5. The van der Waals surface area contributed by atoms with Gasteiger partial charge in [-0.15, -0.1) is 10.2 Å². The van der Waals surface area contributed by atoms with Gasteiger partial charge in [0.2, 0.25) is 5.91 Å². The third kappa shape index (κ3) is 3.11. The summed E-state index contributed by atoms with van der Waals surface area (Å²) in [7, 11) is 0. The molecule has 0 unspecified atom stereocenters. The highest BCUT2D eigenvalue weighted by molar-refractivity contribution is 8.00. The first-order valence-electron chi connectivity index (χ1n) is 8.26. The lowest BCUT2D eigenvalue weighted by Crippen LogP contribution is -2.39. The highest BCUT2D eigenvalue weighted by atomic mass is 32.2. The number of thioether (sulfide) groups is 1. The van der Waals surface area contributed by atoms with Crippen molar-refractivity contribution in [2.24, 2.45) is 0 Å². The quantitative estimate of drug-likeness (QED) is 0.818. The van der Waals surface area contributed by atoms with Crippen LogP contribution in [0.3, 0.4) is 0 Å². The first-order chi connectivity index (χ1) is 12.1. The first-order valence-corrected chi connectivity index (χ1v) is 9.14. The number of pyridine rings is 1. The molecule has 0 aromatic carbocycles. The Hall–Kier alpha value is -2.42. The van der Waals surface area contributed by atoms with Crippen molar-refractivity contribution in [3.8, 4) is 11.4 Å². The third-order valence-corrected chi connectivity index (χ3v) is 5.31. The van der Waals surface area contributed by atoms with E-state index >= 15 is 0 Å². The molecular weight excluding hydrogens is 340 g/mol. The van der Waals surface area contributed by atoms with Crippen LogP contribution in [-0.4, -0.2) is 54.9 Å². The van der Waals surface area contributed by atoms with Crippen LogP contribution in [0.15, 0.2) is 29.7 Å². The number of rotatable bonds is 5. The minimum absolute atomic E-state index is 0.198. The largest absolute Gasteiger partial charge is 0.336 e. The second-order valence-electron chi connectivity index (χ2n) is 6.13. The number of nitrogens with zero attached hydrogens (tertiary/aromatic N) is 5. The molecule has 25 heavy (non-hydrogen) atoms. The van der Waals surface area contributed by atoms with Gasteiger partial charge in [0, 0.05) is 37.1 Å². The molecule has 2 aromatic rings.